The smallest absolute Gasteiger partial charge is 0.177 e. The molecule has 0 saturated carbocycles. The first-order chi connectivity index (χ1) is 12.4. The van der Waals surface area contributed by atoms with E-state index in [1.165, 1.54) is 16.1 Å². The van der Waals surface area contributed by atoms with E-state index in [1.807, 2.05) is 17.4 Å². The van der Waals surface area contributed by atoms with Crippen LogP contribution in [0.1, 0.15) is 29.6 Å². The van der Waals surface area contributed by atoms with Crippen LogP contribution in [0.4, 0.5) is 0 Å². The van der Waals surface area contributed by atoms with Crippen LogP contribution in [0.3, 0.4) is 0 Å². The highest BCUT2D eigenvalue weighted by molar-refractivity contribution is 7.18. The van der Waals surface area contributed by atoms with Crippen LogP contribution in [0, 0.1) is 0 Å². The Labute approximate surface area is 153 Å². The van der Waals surface area contributed by atoms with E-state index in [0.717, 1.165) is 41.4 Å². The average molecular weight is 367 g/mol. The summed E-state index contributed by atoms with van der Waals surface area (Å²) >= 11 is 3.49. The maximum atomic E-state index is 5.53. The van der Waals surface area contributed by atoms with Crippen LogP contribution < -0.4 is 0 Å². The Morgan fingerprint density at radius 2 is 2.16 bits per heavy atom. The fraction of sp³-hybridized carbons (Fsp3) is 0.263. The van der Waals surface area contributed by atoms with Crippen LogP contribution >= 0.6 is 22.7 Å². The van der Waals surface area contributed by atoms with Gasteiger partial charge in [-0.1, -0.05) is 23.4 Å². The zero-order valence-electron chi connectivity index (χ0n) is 13.6. The third-order valence-corrected chi connectivity index (χ3v) is 6.67. The molecular weight excluding hydrogens is 350 g/mol. The molecule has 0 spiro atoms. The minimum absolute atomic E-state index is 0.388. The number of likely N-dealkylation sites (tertiary alicyclic amines) is 1. The fourth-order valence-corrected chi connectivity index (χ4v) is 5.27. The molecular formula is C19H17N3OS2. The number of rotatable bonds is 4. The van der Waals surface area contributed by atoms with Crippen molar-refractivity contribution in [2.45, 2.75) is 25.4 Å². The molecule has 1 aliphatic rings. The maximum Gasteiger partial charge on any atom is 0.177 e. The molecule has 1 aromatic carbocycles. The Morgan fingerprint density at radius 3 is 3.04 bits per heavy atom. The second-order valence-electron chi connectivity index (χ2n) is 6.31. The predicted molar refractivity (Wildman–Crippen MR) is 102 cm³/mol. The van der Waals surface area contributed by atoms with Crippen molar-refractivity contribution in [2.24, 2.45) is 0 Å². The number of para-hydroxylation sites is 1. The van der Waals surface area contributed by atoms with Gasteiger partial charge in [-0.25, -0.2) is 4.98 Å². The maximum absolute atomic E-state index is 5.53. The molecule has 25 heavy (non-hydrogen) atoms. The molecule has 0 unspecified atom stereocenters. The zero-order chi connectivity index (χ0) is 16.6. The highest BCUT2D eigenvalue weighted by Gasteiger charge is 2.29. The van der Waals surface area contributed by atoms with E-state index in [4.69, 9.17) is 9.51 Å². The van der Waals surface area contributed by atoms with Crippen molar-refractivity contribution in [3.63, 3.8) is 0 Å². The SMILES string of the molecule is c1csc(-c2cc(CN3CCC[C@@H]3c3nc4ccccc4s3)no2)c1. The van der Waals surface area contributed by atoms with Crippen LogP contribution in [-0.2, 0) is 6.54 Å². The number of nitrogens with zero attached hydrogens (tertiary/aromatic N) is 3. The molecule has 1 saturated heterocycles. The van der Waals surface area contributed by atoms with E-state index in [-0.39, 0.29) is 0 Å². The number of thiophene rings is 1. The summed E-state index contributed by atoms with van der Waals surface area (Å²) in [6.45, 7) is 1.90. The van der Waals surface area contributed by atoms with Gasteiger partial charge in [-0.05, 0) is 43.0 Å². The van der Waals surface area contributed by atoms with Gasteiger partial charge in [-0.3, -0.25) is 4.90 Å². The van der Waals surface area contributed by atoms with Gasteiger partial charge in [-0.2, -0.15) is 0 Å². The summed E-state index contributed by atoms with van der Waals surface area (Å²) in [4.78, 5) is 8.47. The fourth-order valence-electron chi connectivity index (χ4n) is 3.46. The first-order valence-corrected chi connectivity index (χ1v) is 10.2. The lowest BCUT2D eigenvalue weighted by molar-refractivity contribution is 0.240. The van der Waals surface area contributed by atoms with Gasteiger partial charge in [0.15, 0.2) is 5.76 Å². The van der Waals surface area contributed by atoms with Gasteiger partial charge in [0.05, 0.1) is 26.8 Å². The van der Waals surface area contributed by atoms with Gasteiger partial charge < -0.3 is 4.52 Å². The van der Waals surface area contributed by atoms with Gasteiger partial charge in [0, 0.05) is 12.6 Å². The number of hydrogen-bond acceptors (Lipinski definition) is 6. The van der Waals surface area contributed by atoms with Crippen molar-refractivity contribution in [1.82, 2.24) is 15.0 Å². The standard InChI is InChI=1S/C19H17N3OS2/c1-2-7-17-14(5-1)20-19(25-17)15-6-3-9-22(15)12-13-11-16(23-21-13)18-8-4-10-24-18/h1-2,4-5,7-8,10-11,15H,3,6,9,12H2/t15-/m1/s1. The molecule has 0 radical (unpaired) electrons. The molecule has 3 aromatic heterocycles. The first kappa shape index (κ1) is 15.3. The third-order valence-electron chi connectivity index (χ3n) is 4.65. The number of fused-ring (bicyclic) bond motifs is 1. The van der Waals surface area contributed by atoms with Gasteiger partial charge in [0.1, 0.15) is 5.01 Å². The van der Waals surface area contributed by atoms with Crippen LogP contribution in [0.2, 0.25) is 0 Å². The summed E-state index contributed by atoms with van der Waals surface area (Å²) in [5.41, 5.74) is 2.10. The Hall–Kier alpha value is -2.02. The number of aromatic nitrogens is 2. The lowest BCUT2D eigenvalue weighted by Crippen LogP contribution is -2.22. The molecule has 0 amide bonds. The summed E-state index contributed by atoms with van der Waals surface area (Å²) < 4.78 is 6.80. The van der Waals surface area contributed by atoms with Gasteiger partial charge >= 0.3 is 0 Å². The third kappa shape index (κ3) is 2.90. The molecule has 4 heterocycles. The Morgan fingerprint density at radius 1 is 1.20 bits per heavy atom. The second kappa shape index (κ2) is 6.37. The molecule has 6 heteroatoms. The largest absolute Gasteiger partial charge is 0.355 e. The lowest BCUT2D eigenvalue weighted by Gasteiger charge is -2.21. The Bertz CT molecular complexity index is 956. The van der Waals surface area contributed by atoms with Crippen LogP contribution in [-0.4, -0.2) is 21.6 Å². The summed E-state index contributed by atoms with van der Waals surface area (Å²) in [5.74, 6) is 0.862. The predicted octanol–water partition coefficient (Wildman–Crippen LogP) is 5.35. The van der Waals surface area contributed by atoms with Crippen molar-refractivity contribution < 1.29 is 4.52 Å². The summed E-state index contributed by atoms with van der Waals surface area (Å²) in [6.07, 6.45) is 2.37. The minimum atomic E-state index is 0.388. The van der Waals surface area contributed by atoms with Crippen LogP contribution in [0.25, 0.3) is 20.9 Å². The number of benzene rings is 1. The first-order valence-electron chi connectivity index (χ1n) is 8.46. The molecule has 4 nitrogen and oxygen atoms in total. The van der Waals surface area contributed by atoms with E-state index >= 15 is 0 Å². The van der Waals surface area contributed by atoms with Gasteiger partial charge in [0.25, 0.3) is 0 Å². The second-order valence-corrected chi connectivity index (χ2v) is 8.32. The molecule has 0 aliphatic carbocycles. The van der Waals surface area contributed by atoms with E-state index in [2.05, 4.69) is 51.8 Å². The lowest BCUT2D eigenvalue weighted by atomic mass is 10.2. The van der Waals surface area contributed by atoms with Crippen molar-refractivity contribution >= 4 is 32.9 Å². The van der Waals surface area contributed by atoms with Crippen molar-refractivity contribution in [1.29, 1.82) is 0 Å². The van der Waals surface area contributed by atoms with Crippen molar-refractivity contribution in [3.05, 3.63) is 58.5 Å². The zero-order valence-corrected chi connectivity index (χ0v) is 15.2. The number of hydrogen-bond donors (Lipinski definition) is 0. The van der Waals surface area contributed by atoms with E-state index in [0.29, 0.717) is 6.04 Å². The van der Waals surface area contributed by atoms with Crippen LogP contribution in [0.5, 0.6) is 0 Å². The summed E-state index contributed by atoms with van der Waals surface area (Å²) in [5, 5.41) is 7.56. The van der Waals surface area contributed by atoms with Crippen molar-refractivity contribution in [3.8, 4) is 10.6 Å². The Kier molecular flexibility index (Phi) is 3.88. The molecule has 1 aliphatic heterocycles. The van der Waals surface area contributed by atoms with E-state index in [9.17, 15) is 0 Å². The van der Waals surface area contributed by atoms with E-state index in [1.54, 1.807) is 11.3 Å². The monoisotopic (exact) mass is 367 g/mol. The summed E-state index contributed by atoms with van der Waals surface area (Å²) in [7, 11) is 0. The molecule has 0 N–H and O–H groups in total. The quantitative estimate of drug-likeness (QED) is 0.488. The average Bonchev–Trinajstić information content (AvgIpc) is 3.41. The normalized spacial score (nSPS) is 18.3. The highest BCUT2D eigenvalue weighted by atomic mass is 32.1. The highest BCUT2D eigenvalue weighted by Crippen LogP contribution is 2.37. The van der Waals surface area contributed by atoms with Crippen molar-refractivity contribution in [2.75, 3.05) is 6.54 Å². The molecule has 1 fully saturated rings. The topological polar surface area (TPSA) is 42.2 Å². The molecule has 4 aromatic rings. The minimum Gasteiger partial charge on any atom is -0.355 e. The summed E-state index contributed by atoms with van der Waals surface area (Å²) in [6, 6.07) is 14.9. The van der Waals surface area contributed by atoms with E-state index < -0.39 is 0 Å². The van der Waals surface area contributed by atoms with Crippen LogP contribution in [0.15, 0.2) is 52.4 Å². The Balaban J connectivity index is 1.38. The van der Waals surface area contributed by atoms with Gasteiger partial charge in [0.2, 0.25) is 0 Å². The number of thiazole rings is 1. The van der Waals surface area contributed by atoms with Gasteiger partial charge in [-0.15, -0.1) is 22.7 Å². The molecule has 1 atom stereocenters. The molecule has 126 valence electrons. The molecule has 0 bridgehead atoms. The molecule has 5 rings (SSSR count).